The second-order valence-corrected chi connectivity index (χ2v) is 16.7. The summed E-state index contributed by atoms with van der Waals surface area (Å²) in [5.74, 6) is -5.43. The van der Waals surface area contributed by atoms with E-state index in [1.807, 2.05) is 0 Å². The van der Waals surface area contributed by atoms with Crippen LogP contribution in [-0.2, 0) is 51.1 Å². The number of phenols is 2. The number of hydrogen-bond acceptors (Lipinski definition) is 19. The van der Waals surface area contributed by atoms with E-state index in [0.29, 0.717) is 5.56 Å². The Morgan fingerprint density at radius 2 is 1.60 bits per heavy atom. The van der Waals surface area contributed by atoms with Gasteiger partial charge in [0.05, 0.1) is 54.6 Å². The van der Waals surface area contributed by atoms with Crippen molar-refractivity contribution in [3.8, 4) is 17.2 Å². The number of alkyl carbamates (subject to hydrolysis) is 1. The number of nitrogens with one attached hydrogen (secondary N) is 2. The van der Waals surface area contributed by atoms with E-state index < -0.39 is 144 Å². The summed E-state index contributed by atoms with van der Waals surface area (Å²) in [4.78, 5) is 78.8. The first-order valence-electron chi connectivity index (χ1n) is 21.2. The number of fused-ring (bicyclic) bond motifs is 3. The largest absolute Gasteiger partial charge is 0.507 e. The lowest BCUT2D eigenvalue weighted by Crippen LogP contribution is -2.60. The van der Waals surface area contributed by atoms with Gasteiger partial charge in [0.1, 0.15) is 60.5 Å². The van der Waals surface area contributed by atoms with Gasteiger partial charge in [0.25, 0.3) is 0 Å². The number of hydrogen-bond donors (Lipinski definition) is 9. The Morgan fingerprint density at radius 3 is 2.27 bits per heavy atom. The van der Waals surface area contributed by atoms with E-state index in [1.54, 1.807) is 0 Å². The van der Waals surface area contributed by atoms with Gasteiger partial charge in [0.2, 0.25) is 11.7 Å². The summed E-state index contributed by atoms with van der Waals surface area (Å²) in [5.41, 5.74) is -3.05. The first kappa shape index (κ1) is 48.6. The summed E-state index contributed by atoms with van der Waals surface area (Å²) in [6.07, 6.45) is -14.8. The minimum Gasteiger partial charge on any atom is -0.507 e. The molecule has 0 spiro atoms. The second-order valence-electron chi connectivity index (χ2n) is 16.7. The number of esters is 1. The number of rotatable bonds is 13. The molecular formula is C46H50N2O19. The van der Waals surface area contributed by atoms with Gasteiger partial charge in [-0.15, -0.1) is 0 Å². The average Bonchev–Trinajstić information content (AvgIpc) is 3.29. The summed E-state index contributed by atoms with van der Waals surface area (Å²) >= 11 is 0. The molecule has 2 saturated heterocycles. The van der Waals surface area contributed by atoms with Crippen LogP contribution in [0.1, 0.15) is 87.7 Å². The lowest BCUT2D eigenvalue weighted by Gasteiger charge is -2.42. The molecule has 4 aliphatic rings. The van der Waals surface area contributed by atoms with Crippen molar-refractivity contribution in [2.24, 2.45) is 0 Å². The van der Waals surface area contributed by atoms with Crippen LogP contribution >= 0.6 is 0 Å². The van der Waals surface area contributed by atoms with Crippen molar-refractivity contribution in [3.63, 3.8) is 0 Å². The Morgan fingerprint density at radius 1 is 0.896 bits per heavy atom. The van der Waals surface area contributed by atoms with Crippen LogP contribution in [0.25, 0.3) is 0 Å². The van der Waals surface area contributed by atoms with E-state index in [0.717, 1.165) is 6.92 Å². The summed E-state index contributed by atoms with van der Waals surface area (Å²) in [6, 6.07) is 9.27. The molecule has 7 rings (SSSR count). The number of aliphatic hydroxyl groups excluding tert-OH is 4. The SMILES string of the molecule is C=CCOC(=O)[C@H]1O[C@@H](CC(=O)Nc2ccc(COC(=O)N[C@H]3C[C@H](O[C@H]4C[C@](O)(C(C)=O)Cc5c(O)c6c(c(O)c54)C(=O)c4c(OC)cccc4C6=O)O[C@@H](C)[C@H]3O)cc2)[C@H](O)[C@@H](O)[C@@H]1O. The predicted molar refractivity (Wildman–Crippen MR) is 227 cm³/mol. The summed E-state index contributed by atoms with van der Waals surface area (Å²) in [6.45, 7) is 5.56. The van der Waals surface area contributed by atoms with E-state index in [2.05, 4.69) is 17.2 Å². The lowest BCUT2D eigenvalue weighted by atomic mass is 9.72. The molecule has 358 valence electrons. The molecular weight excluding hydrogens is 885 g/mol. The smallest absolute Gasteiger partial charge is 0.407 e. The van der Waals surface area contributed by atoms with Crippen molar-refractivity contribution in [1.82, 2.24) is 5.32 Å². The zero-order valence-corrected chi connectivity index (χ0v) is 36.4. The van der Waals surface area contributed by atoms with E-state index in [9.17, 15) is 64.5 Å². The summed E-state index contributed by atoms with van der Waals surface area (Å²) < 4.78 is 33.2. The number of amides is 2. The third-order valence-electron chi connectivity index (χ3n) is 12.3. The van der Waals surface area contributed by atoms with Crippen LogP contribution in [0.3, 0.4) is 0 Å². The Bertz CT molecular complexity index is 2480. The molecule has 21 heteroatoms. The molecule has 0 unspecified atom stereocenters. The number of ether oxygens (including phenoxy) is 6. The van der Waals surface area contributed by atoms with Gasteiger partial charge in [0, 0.05) is 41.6 Å². The molecule has 2 heterocycles. The van der Waals surface area contributed by atoms with Crippen molar-refractivity contribution >= 4 is 41.0 Å². The fourth-order valence-electron chi connectivity index (χ4n) is 8.73. The number of anilines is 1. The number of carbonyl (C=O) groups excluding carboxylic acids is 6. The molecule has 0 radical (unpaired) electrons. The third kappa shape index (κ3) is 9.49. The number of ketones is 3. The van der Waals surface area contributed by atoms with Crippen molar-refractivity contribution in [2.45, 2.75) is 113 Å². The molecule has 0 aromatic heterocycles. The van der Waals surface area contributed by atoms with E-state index in [1.165, 1.54) is 62.6 Å². The van der Waals surface area contributed by atoms with Crippen molar-refractivity contribution < 1.29 is 92.9 Å². The molecule has 3 aromatic carbocycles. The first-order valence-corrected chi connectivity index (χ1v) is 21.2. The molecule has 9 N–H and O–H groups in total. The molecule has 2 aliphatic heterocycles. The maximum atomic E-state index is 14.0. The quantitative estimate of drug-likeness (QED) is 0.0511. The Kier molecular flexibility index (Phi) is 14.2. The van der Waals surface area contributed by atoms with Gasteiger partial charge in [-0.2, -0.15) is 0 Å². The standard InChI is InChI=1S/C46H50N2O19/c1-5-13-63-44(59)43-42(58)41(57)38(54)27(67-43)15-29(50)47-22-11-9-21(10-12-22)18-64-45(60)48-25-14-30(65-19(2)35(25)51)66-28-17-46(61,20(3)49)16-24-32(28)40(56)34-33(37(24)53)36(52)23-7-6-8-26(62-4)31(23)39(34)55/h5-12,19,25,27-28,30,35,38,41-43,51,53-54,56-58,61H,1,13-18H2,2-4H3,(H,47,50)(H,48,60)/t19-,25-,27-,28-,30-,35+,38-,41+,42-,43-,46-/m0/s1. The number of Topliss-reactive ketones (excluding diaryl/α,β-unsaturated/α-hetero) is 1. The second kappa shape index (κ2) is 19.5. The molecule has 11 atom stereocenters. The van der Waals surface area contributed by atoms with E-state index in [4.69, 9.17) is 28.4 Å². The number of carbonyl (C=O) groups is 6. The highest BCUT2D eigenvalue weighted by molar-refractivity contribution is 6.31. The van der Waals surface area contributed by atoms with Crippen LogP contribution < -0.4 is 15.4 Å². The van der Waals surface area contributed by atoms with Gasteiger partial charge in [-0.1, -0.05) is 36.9 Å². The molecule has 0 bridgehead atoms. The maximum Gasteiger partial charge on any atom is 0.407 e. The van der Waals surface area contributed by atoms with Crippen molar-refractivity contribution in [2.75, 3.05) is 19.0 Å². The van der Waals surface area contributed by atoms with Crippen LogP contribution in [0.5, 0.6) is 17.2 Å². The number of methoxy groups -OCH3 is 1. The minimum absolute atomic E-state index is 0.0503. The van der Waals surface area contributed by atoms with Gasteiger partial charge >= 0.3 is 12.1 Å². The predicted octanol–water partition coefficient (Wildman–Crippen LogP) is 0.904. The molecule has 2 aliphatic carbocycles. The fraction of sp³-hybridized carbons (Fsp3) is 0.435. The van der Waals surface area contributed by atoms with Crippen LogP contribution in [0.2, 0.25) is 0 Å². The molecule has 21 nitrogen and oxygen atoms in total. The van der Waals surface area contributed by atoms with Gasteiger partial charge < -0.3 is 74.8 Å². The number of benzene rings is 3. The number of aliphatic hydroxyl groups is 5. The normalized spacial score (nSPS) is 28.8. The number of aromatic hydroxyl groups is 2. The van der Waals surface area contributed by atoms with Crippen LogP contribution in [0, 0.1) is 0 Å². The van der Waals surface area contributed by atoms with Crippen molar-refractivity contribution in [3.05, 3.63) is 94.1 Å². The van der Waals surface area contributed by atoms with Crippen LogP contribution in [0.4, 0.5) is 10.5 Å². The van der Waals surface area contributed by atoms with Crippen LogP contribution in [-0.4, -0.2) is 145 Å². The fourth-order valence-corrected chi connectivity index (χ4v) is 8.73. The first-order chi connectivity index (χ1) is 31.8. The Hall–Kier alpha value is -6.30. The zero-order chi connectivity index (χ0) is 48.6. The maximum absolute atomic E-state index is 14.0. The zero-order valence-electron chi connectivity index (χ0n) is 36.4. The third-order valence-corrected chi connectivity index (χ3v) is 12.3. The molecule has 2 fully saturated rings. The highest BCUT2D eigenvalue weighted by atomic mass is 16.7. The molecule has 3 aromatic rings. The topological polar surface area (TPSA) is 323 Å². The average molecular weight is 935 g/mol. The monoisotopic (exact) mass is 934 g/mol. The van der Waals surface area contributed by atoms with Crippen LogP contribution in [0.15, 0.2) is 55.1 Å². The van der Waals surface area contributed by atoms with E-state index >= 15 is 0 Å². The molecule has 0 saturated carbocycles. The van der Waals surface area contributed by atoms with Crippen molar-refractivity contribution in [1.29, 1.82) is 0 Å². The van der Waals surface area contributed by atoms with Gasteiger partial charge in [-0.25, -0.2) is 9.59 Å². The van der Waals surface area contributed by atoms with E-state index in [-0.39, 0.29) is 53.3 Å². The highest BCUT2D eigenvalue weighted by Crippen LogP contribution is 2.52. The molecule has 67 heavy (non-hydrogen) atoms. The van der Waals surface area contributed by atoms with Gasteiger partial charge in [-0.3, -0.25) is 19.2 Å². The summed E-state index contributed by atoms with van der Waals surface area (Å²) in [5, 5.41) is 82.0. The Balaban J connectivity index is 0.994. The Labute approximate surface area is 381 Å². The van der Waals surface area contributed by atoms with Gasteiger partial charge in [0.15, 0.2) is 24.0 Å². The summed E-state index contributed by atoms with van der Waals surface area (Å²) in [7, 11) is 1.30. The number of phenolic OH excluding ortho intramolecular Hbond substituents is 2. The molecule has 2 amide bonds. The van der Waals surface area contributed by atoms with Gasteiger partial charge in [-0.05, 0) is 37.6 Å². The highest BCUT2D eigenvalue weighted by Gasteiger charge is 2.51. The lowest BCUT2D eigenvalue weighted by molar-refractivity contribution is -0.249. The minimum atomic E-state index is -2.17.